The molecule has 4 rings (SSSR count). The lowest BCUT2D eigenvalue weighted by molar-refractivity contribution is -0.00177. The van der Waals surface area contributed by atoms with Crippen LogP contribution in [0.25, 0.3) is 16.9 Å². The molecule has 0 aromatic carbocycles. The van der Waals surface area contributed by atoms with Gasteiger partial charge in [-0.15, -0.1) is 0 Å². The average Bonchev–Trinajstić information content (AvgIpc) is 3.32. The van der Waals surface area contributed by atoms with E-state index in [1.54, 1.807) is 23.7 Å². The molecule has 0 spiro atoms. The molecule has 0 bridgehead atoms. The number of aromatic nitrogens is 3. The number of nitriles is 1. The first-order chi connectivity index (χ1) is 18.5. The molecule has 39 heavy (non-hydrogen) atoms. The van der Waals surface area contributed by atoms with E-state index in [1.807, 2.05) is 12.1 Å². The fourth-order valence-electron chi connectivity index (χ4n) is 4.52. The van der Waals surface area contributed by atoms with Crippen LogP contribution in [0.2, 0.25) is 0 Å². The fraction of sp³-hybridized carbons (Fsp3) is 0.444. The van der Waals surface area contributed by atoms with Crippen LogP contribution in [0, 0.1) is 17.2 Å². The molecular formula is C27H32FN7O4. The number of methoxy groups -OCH3 is 1. The van der Waals surface area contributed by atoms with Crippen LogP contribution in [-0.2, 0) is 4.74 Å². The highest BCUT2D eigenvalue weighted by atomic mass is 19.1. The van der Waals surface area contributed by atoms with Gasteiger partial charge in [-0.05, 0) is 56.9 Å². The molecule has 3 aromatic heterocycles. The SMILES string of the molecule is COC(=O)N(C)C[C@H]1C[C@H](Nc2cc(-c3ccc4cc(C#N)cnn34)ncc2C(=O)NC[C@@H](F)C(C)(C)O)C1. The summed E-state index contributed by atoms with van der Waals surface area (Å²) in [4.78, 5) is 30.7. The van der Waals surface area contributed by atoms with Crippen molar-refractivity contribution in [1.29, 1.82) is 5.26 Å². The second kappa shape index (κ2) is 11.2. The van der Waals surface area contributed by atoms with Crippen molar-refractivity contribution in [2.24, 2.45) is 5.92 Å². The van der Waals surface area contributed by atoms with Crippen molar-refractivity contribution in [1.82, 2.24) is 24.8 Å². The third-order valence-electron chi connectivity index (χ3n) is 6.86. The maximum Gasteiger partial charge on any atom is 0.409 e. The second-order valence-corrected chi connectivity index (χ2v) is 10.4. The number of hydrogen-bond acceptors (Lipinski definition) is 8. The number of carbonyl (C=O) groups is 2. The topological polar surface area (TPSA) is 145 Å². The maximum absolute atomic E-state index is 14.3. The van der Waals surface area contributed by atoms with Crippen molar-refractivity contribution in [2.75, 3.05) is 32.6 Å². The number of halogens is 1. The molecule has 0 radical (unpaired) electrons. The molecule has 11 nitrogen and oxygen atoms in total. The standard InChI is InChI=1S/C27H32FN7O4/c1-27(2,38)24(28)14-31-25(36)20-13-30-22(23-6-5-19-9-17(11-29)12-32-35(19)23)10-21(20)33-18-7-16(8-18)15-34(3)26(37)39-4/h5-6,9-10,12-13,16,18,24,38H,7-8,14-15H2,1-4H3,(H,30,33)(H,31,36)/t16-,18-,24-/m1/s1. The minimum atomic E-state index is -1.65. The Labute approximate surface area is 225 Å². The maximum atomic E-state index is 14.3. The van der Waals surface area contributed by atoms with Crippen molar-refractivity contribution < 1.29 is 23.8 Å². The highest BCUT2D eigenvalue weighted by molar-refractivity contribution is 6.00. The first kappa shape index (κ1) is 27.8. The quantitative estimate of drug-likeness (QED) is 0.378. The summed E-state index contributed by atoms with van der Waals surface area (Å²) in [6.45, 7) is 2.88. The molecule has 2 amide bonds. The molecular weight excluding hydrogens is 505 g/mol. The molecule has 1 atom stereocenters. The van der Waals surface area contributed by atoms with E-state index in [0.717, 1.165) is 18.4 Å². The van der Waals surface area contributed by atoms with Crippen molar-refractivity contribution in [3.05, 3.63) is 47.8 Å². The highest BCUT2D eigenvalue weighted by Gasteiger charge is 2.32. The predicted molar refractivity (Wildman–Crippen MR) is 142 cm³/mol. The number of pyridine rings is 1. The smallest absolute Gasteiger partial charge is 0.409 e. The van der Waals surface area contributed by atoms with E-state index in [-0.39, 0.29) is 24.1 Å². The molecule has 0 saturated heterocycles. The van der Waals surface area contributed by atoms with Crippen molar-refractivity contribution in [3.8, 4) is 17.5 Å². The molecule has 1 saturated carbocycles. The zero-order valence-corrected chi connectivity index (χ0v) is 22.3. The molecule has 1 aliphatic rings. The number of fused-ring (bicyclic) bond motifs is 1. The summed E-state index contributed by atoms with van der Waals surface area (Å²) in [5.41, 5.74) is 1.53. The van der Waals surface area contributed by atoms with Gasteiger partial charge in [0, 0.05) is 25.8 Å². The Morgan fingerprint density at radius 2 is 2.08 bits per heavy atom. The Morgan fingerprint density at radius 3 is 2.74 bits per heavy atom. The molecule has 12 heteroatoms. The molecule has 3 N–H and O–H groups in total. The Morgan fingerprint density at radius 1 is 1.33 bits per heavy atom. The number of rotatable bonds is 9. The first-order valence-corrected chi connectivity index (χ1v) is 12.6. The van der Waals surface area contributed by atoms with Crippen molar-refractivity contribution >= 4 is 23.2 Å². The number of nitrogens with zero attached hydrogens (tertiary/aromatic N) is 5. The molecule has 1 aliphatic carbocycles. The number of amides is 2. The lowest BCUT2D eigenvalue weighted by Gasteiger charge is -2.38. The van der Waals surface area contributed by atoms with Gasteiger partial charge in [-0.25, -0.2) is 13.7 Å². The normalized spacial score (nSPS) is 17.6. The van der Waals surface area contributed by atoms with E-state index in [9.17, 15) is 19.1 Å². The van der Waals surface area contributed by atoms with Crippen LogP contribution in [0.4, 0.5) is 14.9 Å². The van der Waals surface area contributed by atoms with Gasteiger partial charge in [0.2, 0.25) is 0 Å². The van der Waals surface area contributed by atoms with Gasteiger partial charge in [0.25, 0.3) is 5.91 Å². The third kappa shape index (κ3) is 6.26. The Hall–Kier alpha value is -4.24. The summed E-state index contributed by atoms with van der Waals surface area (Å²) in [5.74, 6) is -0.251. The van der Waals surface area contributed by atoms with E-state index >= 15 is 0 Å². The summed E-state index contributed by atoms with van der Waals surface area (Å²) in [6.07, 6.45) is 2.40. The number of aliphatic hydroxyl groups is 1. The second-order valence-electron chi connectivity index (χ2n) is 10.4. The summed E-state index contributed by atoms with van der Waals surface area (Å²) in [5, 5.41) is 29.3. The zero-order chi connectivity index (χ0) is 28.3. The molecule has 3 heterocycles. The highest BCUT2D eigenvalue weighted by Crippen LogP contribution is 2.33. The Kier molecular flexibility index (Phi) is 8.01. The largest absolute Gasteiger partial charge is 0.453 e. The molecule has 0 unspecified atom stereocenters. The third-order valence-corrected chi connectivity index (χ3v) is 6.86. The molecule has 206 valence electrons. The van der Waals surface area contributed by atoms with Crippen LogP contribution in [0.3, 0.4) is 0 Å². The van der Waals surface area contributed by atoms with Crippen LogP contribution in [0.15, 0.2) is 36.7 Å². The number of anilines is 1. The van der Waals surface area contributed by atoms with Gasteiger partial charge in [0.1, 0.15) is 12.2 Å². The van der Waals surface area contributed by atoms with E-state index in [2.05, 4.69) is 26.8 Å². The van der Waals surface area contributed by atoms with Gasteiger partial charge in [-0.3, -0.25) is 9.78 Å². The first-order valence-electron chi connectivity index (χ1n) is 12.6. The molecule has 1 fully saturated rings. The van der Waals surface area contributed by atoms with Crippen molar-refractivity contribution in [2.45, 2.75) is 44.5 Å². The van der Waals surface area contributed by atoms with E-state index in [4.69, 9.17) is 10.00 Å². The Bertz CT molecular complexity index is 1410. The number of alkyl halides is 1. The lowest BCUT2D eigenvalue weighted by Crippen LogP contribution is -2.43. The van der Waals surface area contributed by atoms with Gasteiger partial charge in [0.05, 0.1) is 59.2 Å². The van der Waals surface area contributed by atoms with Crippen LogP contribution >= 0.6 is 0 Å². The number of ether oxygens (including phenoxy) is 1. The minimum absolute atomic E-state index is 0.0496. The monoisotopic (exact) mass is 537 g/mol. The molecule has 3 aromatic rings. The van der Waals surface area contributed by atoms with Gasteiger partial charge >= 0.3 is 6.09 Å². The van der Waals surface area contributed by atoms with Crippen LogP contribution < -0.4 is 10.6 Å². The van der Waals surface area contributed by atoms with E-state index in [0.29, 0.717) is 29.2 Å². The summed E-state index contributed by atoms with van der Waals surface area (Å²) in [7, 11) is 3.03. The number of carbonyl (C=O) groups excluding carboxylic acids is 2. The van der Waals surface area contributed by atoms with Crippen molar-refractivity contribution in [3.63, 3.8) is 0 Å². The van der Waals surface area contributed by atoms with Crippen LogP contribution in [-0.4, -0.2) is 81.7 Å². The lowest BCUT2D eigenvalue weighted by atomic mass is 9.79. The predicted octanol–water partition coefficient (Wildman–Crippen LogP) is 3.00. The Balaban J connectivity index is 1.57. The minimum Gasteiger partial charge on any atom is -0.453 e. The number of nitrogens with one attached hydrogen (secondary N) is 2. The van der Waals surface area contributed by atoms with Gasteiger partial charge in [-0.1, -0.05) is 0 Å². The van der Waals surface area contributed by atoms with E-state index < -0.39 is 23.8 Å². The molecule has 0 aliphatic heterocycles. The van der Waals surface area contributed by atoms with E-state index in [1.165, 1.54) is 38.3 Å². The zero-order valence-electron chi connectivity index (χ0n) is 22.3. The summed E-state index contributed by atoms with van der Waals surface area (Å²) in [6, 6.07) is 9.23. The van der Waals surface area contributed by atoms with Gasteiger partial charge in [-0.2, -0.15) is 10.4 Å². The summed E-state index contributed by atoms with van der Waals surface area (Å²) >= 11 is 0. The van der Waals surface area contributed by atoms with Gasteiger partial charge in [0.15, 0.2) is 0 Å². The van der Waals surface area contributed by atoms with Crippen LogP contribution in [0.1, 0.15) is 42.6 Å². The number of hydrogen-bond donors (Lipinski definition) is 3. The fourth-order valence-corrected chi connectivity index (χ4v) is 4.52. The van der Waals surface area contributed by atoms with Crippen LogP contribution in [0.5, 0.6) is 0 Å². The van der Waals surface area contributed by atoms with Gasteiger partial charge < -0.3 is 25.4 Å². The summed E-state index contributed by atoms with van der Waals surface area (Å²) < 4.78 is 20.7. The average molecular weight is 538 g/mol.